The molecule has 20 heavy (non-hydrogen) atoms. The predicted molar refractivity (Wildman–Crippen MR) is 71.2 cm³/mol. The molecule has 0 bridgehead atoms. The van der Waals surface area contributed by atoms with Crippen LogP contribution < -0.4 is 0 Å². The molecule has 2 aromatic rings. The fourth-order valence-corrected chi connectivity index (χ4v) is 2.54. The van der Waals surface area contributed by atoms with E-state index in [-0.39, 0.29) is 6.23 Å². The lowest BCUT2D eigenvalue weighted by Crippen LogP contribution is -2.20. The van der Waals surface area contributed by atoms with Gasteiger partial charge in [-0.3, -0.25) is 0 Å². The van der Waals surface area contributed by atoms with Gasteiger partial charge in [-0.05, 0) is 37.5 Å². The second kappa shape index (κ2) is 5.43. The molecule has 1 unspecified atom stereocenters. The number of hydrogen-bond acceptors (Lipinski definition) is 3. The Hall–Kier alpha value is -2.19. The predicted octanol–water partition coefficient (Wildman–Crippen LogP) is 3.26. The summed E-state index contributed by atoms with van der Waals surface area (Å²) in [6.07, 6.45) is 4.38. The van der Waals surface area contributed by atoms with Gasteiger partial charge in [-0.15, -0.1) is 0 Å². The van der Waals surface area contributed by atoms with E-state index < -0.39 is 5.82 Å². The average Bonchev–Trinajstić information content (AvgIpc) is 2.96. The molecule has 1 saturated heterocycles. The molecule has 0 saturated carbocycles. The van der Waals surface area contributed by atoms with Gasteiger partial charge in [-0.2, -0.15) is 10.4 Å². The minimum atomic E-state index is -0.415. The summed E-state index contributed by atoms with van der Waals surface area (Å²) in [6.45, 7) is 0.687. The third-order valence-electron chi connectivity index (χ3n) is 3.49. The van der Waals surface area contributed by atoms with Crippen LogP contribution in [0.5, 0.6) is 0 Å². The molecule has 1 atom stereocenters. The van der Waals surface area contributed by atoms with Crippen molar-refractivity contribution in [2.24, 2.45) is 0 Å². The van der Waals surface area contributed by atoms with E-state index in [2.05, 4.69) is 5.10 Å². The van der Waals surface area contributed by atoms with Gasteiger partial charge in [0.25, 0.3) is 0 Å². The van der Waals surface area contributed by atoms with Crippen molar-refractivity contribution in [1.82, 2.24) is 9.78 Å². The molecule has 0 amide bonds. The molecule has 1 fully saturated rings. The van der Waals surface area contributed by atoms with Gasteiger partial charge >= 0.3 is 0 Å². The fourth-order valence-electron chi connectivity index (χ4n) is 2.54. The van der Waals surface area contributed by atoms with Crippen LogP contribution in [-0.2, 0) is 4.74 Å². The van der Waals surface area contributed by atoms with Crippen molar-refractivity contribution in [2.75, 3.05) is 6.61 Å². The number of nitrogens with zero attached hydrogens (tertiary/aromatic N) is 3. The Balaban J connectivity index is 2.08. The molecule has 4 nitrogen and oxygen atoms in total. The SMILES string of the molecule is N#Cc1cccc(F)c1-c1ccnn1C1CCCCO1. The smallest absolute Gasteiger partial charge is 0.150 e. The van der Waals surface area contributed by atoms with E-state index in [1.807, 2.05) is 6.07 Å². The lowest BCUT2D eigenvalue weighted by atomic mass is 10.0. The van der Waals surface area contributed by atoms with E-state index in [1.165, 1.54) is 12.1 Å². The molecule has 0 aliphatic carbocycles. The number of benzene rings is 1. The highest BCUT2D eigenvalue weighted by Crippen LogP contribution is 2.31. The maximum Gasteiger partial charge on any atom is 0.150 e. The van der Waals surface area contributed by atoms with E-state index >= 15 is 0 Å². The first kappa shape index (κ1) is 12.8. The van der Waals surface area contributed by atoms with Crippen LogP contribution in [0.2, 0.25) is 0 Å². The van der Waals surface area contributed by atoms with Crippen molar-refractivity contribution in [2.45, 2.75) is 25.5 Å². The molecular weight excluding hydrogens is 257 g/mol. The van der Waals surface area contributed by atoms with E-state index in [4.69, 9.17) is 10.00 Å². The van der Waals surface area contributed by atoms with Gasteiger partial charge in [-0.25, -0.2) is 9.07 Å². The molecule has 1 aromatic carbocycles. The minimum Gasteiger partial charge on any atom is -0.356 e. The second-order valence-electron chi connectivity index (χ2n) is 4.76. The molecule has 5 heteroatoms. The topological polar surface area (TPSA) is 50.8 Å². The first-order chi connectivity index (χ1) is 9.81. The standard InChI is InChI=1S/C15H14FN3O/c16-12-5-3-4-11(10-17)15(12)13-7-8-18-19(13)14-6-1-2-9-20-14/h3-5,7-8,14H,1-2,6,9H2. The maximum absolute atomic E-state index is 14.1. The maximum atomic E-state index is 14.1. The third kappa shape index (κ3) is 2.19. The molecule has 3 rings (SSSR count). The zero-order valence-electron chi connectivity index (χ0n) is 10.9. The summed E-state index contributed by atoms with van der Waals surface area (Å²) in [7, 11) is 0. The second-order valence-corrected chi connectivity index (χ2v) is 4.76. The van der Waals surface area contributed by atoms with Crippen molar-refractivity contribution < 1.29 is 9.13 Å². The Bertz CT molecular complexity index is 653. The molecule has 1 aliphatic rings. The number of rotatable bonds is 2. The van der Waals surface area contributed by atoms with E-state index in [0.29, 0.717) is 23.4 Å². The van der Waals surface area contributed by atoms with Gasteiger partial charge in [0.1, 0.15) is 5.82 Å². The van der Waals surface area contributed by atoms with Gasteiger partial charge in [0.05, 0.1) is 22.9 Å². The summed E-state index contributed by atoms with van der Waals surface area (Å²) in [5.74, 6) is -0.415. The summed E-state index contributed by atoms with van der Waals surface area (Å²) >= 11 is 0. The van der Waals surface area contributed by atoms with E-state index in [1.54, 1.807) is 23.0 Å². The highest BCUT2D eigenvalue weighted by atomic mass is 19.1. The molecule has 0 spiro atoms. The number of nitriles is 1. The summed E-state index contributed by atoms with van der Waals surface area (Å²) in [4.78, 5) is 0. The van der Waals surface area contributed by atoms with Gasteiger partial charge in [0, 0.05) is 12.8 Å². The minimum absolute atomic E-state index is 0.181. The molecule has 102 valence electrons. The fraction of sp³-hybridized carbons (Fsp3) is 0.333. The van der Waals surface area contributed by atoms with E-state index in [9.17, 15) is 4.39 Å². The molecule has 0 radical (unpaired) electrons. The molecule has 1 aromatic heterocycles. The first-order valence-electron chi connectivity index (χ1n) is 6.65. The highest BCUT2D eigenvalue weighted by Gasteiger charge is 2.22. The Morgan fingerprint density at radius 2 is 2.25 bits per heavy atom. The normalized spacial score (nSPS) is 18.7. The summed E-state index contributed by atoms with van der Waals surface area (Å²) in [5.41, 5.74) is 1.19. The van der Waals surface area contributed by atoms with Crippen molar-refractivity contribution in [1.29, 1.82) is 5.26 Å². The number of aromatic nitrogens is 2. The van der Waals surface area contributed by atoms with Crippen molar-refractivity contribution in [3.8, 4) is 17.3 Å². The first-order valence-corrected chi connectivity index (χ1v) is 6.65. The zero-order chi connectivity index (χ0) is 13.9. The Labute approximate surface area is 116 Å². The van der Waals surface area contributed by atoms with E-state index in [0.717, 1.165) is 19.3 Å². The quantitative estimate of drug-likeness (QED) is 0.842. The molecular formula is C15H14FN3O. The van der Waals surface area contributed by atoms with Crippen LogP contribution >= 0.6 is 0 Å². The average molecular weight is 271 g/mol. The molecule has 2 heterocycles. The Kier molecular flexibility index (Phi) is 3.48. The van der Waals surface area contributed by atoms with Crippen molar-refractivity contribution >= 4 is 0 Å². The van der Waals surface area contributed by atoms with Crippen LogP contribution in [-0.4, -0.2) is 16.4 Å². The molecule has 0 N–H and O–H groups in total. The van der Waals surface area contributed by atoms with Crippen LogP contribution in [0.4, 0.5) is 4.39 Å². The van der Waals surface area contributed by atoms with Crippen LogP contribution in [0, 0.1) is 17.1 Å². The Morgan fingerprint density at radius 1 is 1.35 bits per heavy atom. The summed E-state index contributed by atoms with van der Waals surface area (Å²) in [5, 5.41) is 13.4. The number of halogens is 1. The summed E-state index contributed by atoms with van der Waals surface area (Å²) in [6, 6.07) is 8.25. The van der Waals surface area contributed by atoms with Crippen LogP contribution in [0.3, 0.4) is 0 Å². The van der Waals surface area contributed by atoms with Crippen LogP contribution in [0.15, 0.2) is 30.5 Å². The van der Waals surface area contributed by atoms with Crippen LogP contribution in [0.25, 0.3) is 11.3 Å². The van der Waals surface area contributed by atoms with Gasteiger partial charge < -0.3 is 4.74 Å². The zero-order valence-corrected chi connectivity index (χ0v) is 10.9. The highest BCUT2D eigenvalue weighted by molar-refractivity contribution is 5.68. The van der Waals surface area contributed by atoms with Gasteiger partial charge in [0.15, 0.2) is 6.23 Å². The monoisotopic (exact) mass is 271 g/mol. The Morgan fingerprint density at radius 3 is 3.00 bits per heavy atom. The summed E-state index contributed by atoms with van der Waals surface area (Å²) < 4.78 is 21.5. The lowest BCUT2D eigenvalue weighted by molar-refractivity contribution is -0.0383. The van der Waals surface area contributed by atoms with Gasteiger partial charge in [-0.1, -0.05) is 6.07 Å². The largest absolute Gasteiger partial charge is 0.356 e. The number of hydrogen-bond donors (Lipinski definition) is 0. The van der Waals surface area contributed by atoms with Crippen molar-refractivity contribution in [3.63, 3.8) is 0 Å². The lowest BCUT2D eigenvalue weighted by Gasteiger charge is -2.24. The van der Waals surface area contributed by atoms with Crippen molar-refractivity contribution in [3.05, 3.63) is 41.8 Å². The van der Waals surface area contributed by atoms with Crippen LogP contribution in [0.1, 0.15) is 31.1 Å². The van der Waals surface area contributed by atoms with Gasteiger partial charge in [0.2, 0.25) is 0 Å². The molecule has 1 aliphatic heterocycles. The number of ether oxygens (including phenoxy) is 1. The third-order valence-corrected chi connectivity index (χ3v) is 3.49.